The predicted molar refractivity (Wildman–Crippen MR) is 73.1 cm³/mol. The van der Waals surface area contributed by atoms with E-state index < -0.39 is 5.95 Å². The topological polar surface area (TPSA) is 42.4 Å². The average Bonchev–Trinajstić information content (AvgIpc) is 2.47. The number of likely N-dealkylation sites (N-methyl/N-ethyl adjacent to an activating group) is 1. The maximum atomic E-state index is 13.0. The molecule has 0 spiro atoms. The molecule has 0 aliphatic heterocycles. The molecule has 0 N–H and O–H groups in total. The van der Waals surface area contributed by atoms with E-state index in [2.05, 4.69) is 4.98 Å². The standard InChI is InChI=1S/C15H15FN2O2/c1-18(10-11-20-12-6-3-2-4-7-12)15(19)13-8-5-9-14(16)17-13/h2-9H,10-11H2,1H3. The van der Waals surface area contributed by atoms with Gasteiger partial charge in [0.15, 0.2) is 0 Å². The summed E-state index contributed by atoms with van der Waals surface area (Å²) in [6, 6.07) is 13.5. The number of rotatable bonds is 5. The van der Waals surface area contributed by atoms with Crippen molar-refractivity contribution in [1.82, 2.24) is 9.88 Å². The molecule has 5 heteroatoms. The first-order valence-corrected chi connectivity index (χ1v) is 6.22. The number of halogens is 1. The highest BCUT2D eigenvalue weighted by atomic mass is 19.1. The van der Waals surface area contributed by atoms with E-state index >= 15 is 0 Å². The van der Waals surface area contributed by atoms with Crippen LogP contribution in [0.25, 0.3) is 0 Å². The fourth-order valence-electron chi connectivity index (χ4n) is 1.64. The quantitative estimate of drug-likeness (QED) is 0.786. The number of ether oxygens (including phenoxy) is 1. The summed E-state index contributed by atoms with van der Waals surface area (Å²) in [5.41, 5.74) is 0.0900. The Hall–Kier alpha value is -2.43. The third-order valence-electron chi connectivity index (χ3n) is 2.72. The molecular weight excluding hydrogens is 259 g/mol. The van der Waals surface area contributed by atoms with Gasteiger partial charge in [0, 0.05) is 7.05 Å². The van der Waals surface area contributed by atoms with Gasteiger partial charge in [0.25, 0.3) is 5.91 Å². The minimum atomic E-state index is -0.662. The Bertz CT molecular complexity index is 575. The number of carbonyl (C=O) groups is 1. The molecule has 1 heterocycles. The van der Waals surface area contributed by atoms with E-state index in [1.54, 1.807) is 7.05 Å². The lowest BCUT2D eigenvalue weighted by Crippen LogP contribution is -2.31. The van der Waals surface area contributed by atoms with E-state index in [1.807, 2.05) is 30.3 Å². The maximum Gasteiger partial charge on any atom is 0.272 e. The molecule has 0 aliphatic rings. The first-order valence-electron chi connectivity index (χ1n) is 6.22. The van der Waals surface area contributed by atoms with E-state index in [4.69, 9.17) is 4.74 Å². The minimum Gasteiger partial charge on any atom is -0.492 e. The molecule has 20 heavy (non-hydrogen) atoms. The fraction of sp³-hybridized carbons (Fsp3) is 0.200. The van der Waals surface area contributed by atoms with Crippen LogP contribution in [0.3, 0.4) is 0 Å². The zero-order valence-electron chi connectivity index (χ0n) is 11.1. The van der Waals surface area contributed by atoms with Crippen molar-refractivity contribution in [2.75, 3.05) is 20.2 Å². The Kier molecular flexibility index (Phi) is 4.65. The Morgan fingerprint density at radius 3 is 2.65 bits per heavy atom. The van der Waals surface area contributed by atoms with E-state index in [0.29, 0.717) is 13.2 Å². The molecular formula is C15H15FN2O2. The highest BCUT2D eigenvalue weighted by Crippen LogP contribution is 2.08. The van der Waals surface area contributed by atoms with Crippen molar-refractivity contribution in [3.63, 3.8) is 0 Å². The van der Waals surface area contributed by atoms with Crippen molar-refractivity contribution in [2.45, 2.75) is 0 Å². The molecule has 2 aromatic rings. The van der Waals surface area contributed by atoms with Crippen LogP contribution in [0.2, 0.25) is 0 Å². The Balaban J connectivity index is 1.85. The van der Waals surface area contributed by atoms with Gasteiger partial charge < -0.3 is 9.64 Å². The largest absolute Gasteiger partial charge is 0.492 e. The predicted octanol–water partition coefficient (Wildman–Crippen LogP) is 2.37. The molecule has 4 nitrogen and oxygen atoms in total. The van der Waals surface area contributed by atoms with E-state index in [9.17, 15) is 9.18 Å². The zero-order chi connectivity index (χ0) is 14.4. The molecule has 104 valence electrons. The van der Waals surface area contributed by atoms with Crippen LogP contribution in [-0.4, -0.2) is 36.0 Å². The van der Waals surface area contributed by atoms with Gasteiger partial charge in [-0.05, 0) is 24.3 Å². The van der Waals surface area contributed by atoms with E-state index in [1.165, 1.54) is 23.1 Å². The number of nitrogens with zero attached hydrogens (tertiary/aromatic N) is 2. The van der Waals surface area contributed by atoms with Gasteiger partial charge in [-0.1, -0.05) is 24.3 Å². The molecule has 0 radical (unpaired) electrons. The number of para-hydroxylation sites is 1. The van der Waals surface area contributed by atoms with Crippen LogP contribution in [0.4, 0.5) is 4.39 Å². The highest BCUT2D eigenvalue weighted by Gasteiger charge is 2.13. The number of hydrogen-bond acceptors (Lipinski definition) is 3. The zero-order valence-corrected chi connectivity index (χ0v) is 11.1. The molecule has 0 atom stereocenters. The number of amides is 1. The first kappa shape index (κ1) is 14.0. The van der Waals surface area contributed by atoms with Crippen LogP contribution in [0, 0.1) is 5.95 Å². The first-order chi connectivity index (χ1) is 9.66. The van der Waals surface area contributed by atoms with Crippen molar-refractivity contribution >= 4 is 5.91 Å². The number of pyridine rings is 1. The van der Waals surface area contributed by atoms with Crippen molar-refractivity contribution in [3.05, 3.63) is 60.2 Å². The lowest BCUT2D eigenvalue weighted by Gasteiger charge is -2.17. The second-order valence-corrected chi connectivity index (χ2v) is 4.23. The van der Waals surface area contributed by atoms with Crippen molar-refractivity contribution in [3.8, 4) is 5.75 Å². The molecule has 0 unspecified atom stereocenters. The van der Waals surface area contributed by atoms with Crippen LogP contribution in [-0.2, 0) is 0 Å². The second-order valence-electron chi connectivity index (χ2n) is 4.23. The van der Waals surface area contributed by atoms with Crippen LogP contribution in [0.5, 0.6) is 5.75 Å². The summed E-state index contributed by atoms with van der Waals surface area (Å²) < 4.78 is 18.5. The van der Waals surface area contributed by atoms with Gasteiger partial charge in [-0.2, -0.15) is 4.39 Å². The van der Waals surface area contributed by atoms with E-state index in [-0.39, 0.29) is 11.6 Å². The van der Waals surface area contributed by atoms with Crippen molar-refractivity contribution < 1.29 is 13.9 Å². The molecule has 0 aliphatic carbocycles. The SMILES string of the molecule is CN(CCOc1ccccc1)C(=O)c1cccc(F)n1. The van der Waals surface area contributed by atoms with Gasteiger partial charge in [0.2, 0.25) is 5.95 Å². The van der Waals surface area contributed by atoms with Gasteiger partial charge in [0.05, 0.1) is 6.54 Å². The Labute approximate surface area is 116 Å². The molecule has 2 rings (SSSR count). The summed E-state index contributed by atoms with van der Waals surface area (Å²) in [5.74, 6) is -0.247. The van der Waals surface area contributed by atoms with Gasteiger partial charge in [-0.3, -0.25) is 4.79 Å². The number of carbonyl (C=O) groups excluding carboxylic acids is 1. The summed E-state index contributed by atoms with van der Waals surface area (Å²) in [7, 11) is 1.63. The van der Waals surface area contributed by atoms with Crippen LogP contribution in [0.15, 0.2) is 48.5 Å². The Morgan fingerprint density at radius 2 is 1.95 bits per heavy atom. The van der Waals surface area contributed by atoms with Crippen LogP contribution < -0.4 is 4.74 Å². The average molecular weight is 274 g/mol. The smallest absolute Gasteiger partial charge is 0.272 e. The van der Waals surface area contributed by atoms with Crippen LogP contribution in [0.1, 0.15) is 10.5 Å². The minimum absolute atomic E-state index is 0.0900. The summed E-state index contributed by atoms with van der Waals surface area (Å²) in [4.78, 5) is 17.0. The molecule has 1 aromatic carbocycles. The van der Waals surface area contributed by atoms with Gasteiger partial charge in [0.1, 0.15) is 18.1 Å². The summed E-state index contributed by atoms with van der Waals surface area (Å²) in [6.07, 6.45) is 0. The Morgan fingerprint density at radius 1 is 1.20 bits per heavy atom. The fourth-order valence-corrected chi connectivity index (χ4v) is 1.64. The van der Waals surface area contributed by atoms with Gasteiger partial charge in [-0.15, -0.1) is 0 Å². The molecule has 0 bridgehead atoms. The molecule has 0 saturated carbocycles. The summed E-state index contributed by atoms with van der Waals surface area (Å²) in [6.45, 7) is 0.757. The van der Waals surface area contributed by atoms with Crippen LogP contribution >= 0.6 is 0 Å². The van der Waals surface area contributed by atoms with E-state index in [0.717, 1.165) is 5.75 Å². The highest BCUT2D eigenvalue weighted by molar-refractivity contribution is 5.92. The maximum absolute atomic E-state index is 13.0. The summed E-state index contributed by atoms with van der Waals surface area (Å²) >= 11 is 0. The van der Waals surface area contributed by atoms with Crippen molar-refractivity contribution in [1.29, 1.82) is 0 Å². The normalized spacial score (nSPS) is 10.1. The van der Waals surface area contributed by atoms with Gasteiger partial charge >= 0.3 is 0 Å². The van der Waals surface area contributed by atoms with Crippen molar-refractivity contribution in [2.24, 2.45) is 0 Å². The van der Waals surface area contributed by atoms with Gasteiger partial charge in [-0.25, -0.2) is 4.98 Å². The molecule has 1 amide bonds. The lowest BCUT2D eigenvalue weighted by atomic mass is 10.3. The third-order valence-corrected chi connectivity index (χ3v) is 2.72. The molecule has 1 aromatic heterocycles. The molecule has 0 saturated heterocycles. The number of hydrogen-bond donors (Lipinski definition) is 0. The molecule has 0 fully saturated rings. The number of benzene rings is 1. The monoisotopic (exact) mass is 274 g/mol. The lowest BCUT2D eigenvalue weighted by molar-refractivity contribution is 0.0766. The second kappa shape index (κ2) is 6.65. The number of aromatic nitrogens is 1. The summed E-state index contributed by atoms with van der Waals surface area (Å²) in [5, 5.41) is 0. The third kappa shape index (κ3) is 3.78.